The van der Waals surface area contributed by atoms with Crippen LogP contribution in [-0.2, 0) is 0 Å². The molecule has 3 nitrogen and oxygen atoms in total. The van der Waals surface area contributed by atoms with E-state index in [2.05, 4.69) is 238 Å². The number of benzene rings is 10. The molecule has 4 aromatic heterocycles. The Balaban J connectivity index is 0.918. The first-order valence-corrected chi connectivity index (χ1v) is 23.6. The first-order valence-electron chi connectivity index (χ1n) is 21.9. The van der Waals surface area contributed by atoms with Crippen LogP contribution in [0.5, 0.6) is 0 Å². The minimum atomic E-state index is 0.199. The van der Waals surface area contributed by atoms with Crippen LogP contribution in [0.4, 0.5) is 0 Å². The Hall–Kier alpha value is -7.88. The number of aromatic nitrogens is 3. The van der Waals surface area contributed by atoms with Crippen molar-refractivity contribution in [1.29, 1.82) is 0 Å². The van der Waals surface area contributed by atoms with E-state index in [0.717, 1.165) is 5.69 Å². The molecule has 0 unspecified atom stereocenters. The van der Waals surface area contributed by atoms with E-state index >= 15 is 0 Å². The van der Waals surface area contributed by atoms with Crippen molar-refractivity contribution in [2.24, 2.45) is 0 Å². The fourth-order valence-corrected chi connectivity index (χ4v) is 13.0. The van der Waals surface area contributed by atoms with Crippen LogP contribution in [0.25, 0.3) is 124 Å². The maximum absolute atomic E-state index is 2.51. The molecule has 0 saturated carbocycles. The molecule has 0 amide bonds. The number of nitrogens with zero attached hydrogens (tertiary/aromatic N) is 3. The average molecular weight is 879 g/mol. The molecule has 0 saturated heterocycles. The third-order valence-corrected chi connectivity index (χ3v) is 15.8. The first-order chi connectivity index (χ1) is 31.7. The molecule has 0 N–H and O–H groups in total. The fraction of sp³-hybridized carbons (Fsp3) is 0. The van der Waals surface area contributed by atoms with Crippen molar-refractivity contribution in [1.82, 2.24) is 13.7 Å². The van der Waals surface area contributed by atoms with E-state index in [9.17, 15) is 0 Å². The number of fused-ring (bicyclic) bond motifs is 12. The molecule has 4 heteroatoms. The minimum absolute atomic E-state index is 0.199. The predicted molar refractivity (Wildman–Crippen MR) is 272 cm³/mol. The summed E-state index contributed by atoms with van der Waals surface area (Å²) in [5, 5.41) is 10.2. The van der Waals surface area contributed by atoms with Gasteiger partial charge < -0.3 is 4.57 Å². The average Bonchev–Trinajstić information content (AvgIpc) is 4.10. The molecular weight excluding hydrogens is 842 g/mol. The van der Waals surface area contributed by atoms with Crippen molar-refractivity contribution in [3.05, 3.63) is 224 Å². The van der Waals surface area contributed by atoms with Gasteiger partial charge >= 0.3 is 290 Å². The van der Waals surface area contributed by atoms with E-state index in [-0.39, 0.29) is 14.5 Å². The quantitative estimate of drug-likeness (QED) is 0.153. The molecule has 0 radical (unpaired) electrons. The summed E-state index contributed by atoms with van der Waals surface area (Å²) in [7, 11) is 0. The molecule has 0 aliphatic heterocycles. The molecule has 10 aromatic carbocycles. The van der Waals surface area contributed by atoms with Gasteiger partial charge in [0.1, 0.15) is 0 Å². The molecule has 0 atom stereocenters. The van der Waals surface area contributed by atoms with Crippen LogP contribution in [0, 0.1) is 0 Å². The number of rotatable bonds is 5. The fourth-order valence-electron chi connectivity index (χ4n) is 10.6. The zero-order valence-electron chi connectivity index (χ0n) is 34.6. The monoisotopic (exact) mass is 879 g/mol. The van der Waals surface area contributed by atoms with E-state index in [1.165, 1.54) is 118 Å². The predicted octanol–water partition coefficient (Wildman–Crippen LogP) is 15.7. The van der Waals surface area contributed by atoms with Gasteiger partial charge in [0, 0.05) is 16.5 Å². The Morgan fingerprint density at radius 3 is 1.27 bits per heavy atom. The second kappa shape index (κ2) is 13.8. The van der Waals surface area contributed by atoms with Gasteiger partial charge in [-0.15, -0.1) is 0 Å². The van der Waals surface area contributed by atoms with E-state index in [0.29, 0.717) is 0 Å². The van der Waals surface area contributed by atoms with Crippen LogP contribution < -0.4 is 0 Å². The molecule has 14 aromatic rings. The Morgan fingerprint density at radius 1 is 0.250 bits per heavy atom. The van der Waals surface area contributed by atoms with Gasteiger partial charge in [-0.2, -0.15) is 0 Å². The number of hydrogen-bond acceptors (Lipinski definition) is 0. The topological polar surface area (TPSA) is 14.8 Å². The summed E-state index contributed by atoms with van der Waals surface area (Å²) in [5.74, 6) is 0. The SMILES string of the molecule is c1ccc(-c2ccc(-c3ccc4c(c3)[se]c3cccc(-n5c6ccccc6c6cc(-n7c8ccccc8c8cc(-n9c%10ccccc%10c%10ccccc%109)ccc87)ccc65)c34)cc2)cc1. The summed E-state index contributed by atoms with van der Waals surface area (Å²) >= 11 is 0.199. The van der Waals surface area contributed by atoms with Crippen molar-refractivity contribution >= 4 is 99.2 Å². The second-order valence-corrected chi connectivity index (χ2v) is 19.2. The van der Waals surface area contributed by atoms with Crippen LogP contribution in [0.3, 0.4) is 0 Å². The van der Waals surface area contributed by atoms with Crippen LogP contribution >= 0.6 is 0 Å². The molecular formula is C60H37N3Se. The molecule has 0 spiro atoms. The number of hydrogen-bond donors (Lipinski definition) is 0. The van der Waals surface area contributed by atoms with Crippen molar-refractivity contribution in [2.45, 2.75) is 0 Å². The number of para-hydroxylation sites is 4. The summed E-state index contributed by atoms with van der Waals surface area (Å²) in [5.41, 5.74) is 15.8. The van der Waals surface area contributed by atoms with Gasteiger partial charge in [-0.05, 0) is 12.1 Å². The molecule has 64 heavy (non-hydrogen) atoms. The van der Waals surface area contributed by atoms with Gasteiger partial charge in [-0.25, -0.2) is 0 Å². The Labute approximate surface area is 374 Å². The van der Waals surface area contributed by atoms with Gasteiger partial charge in [0.05, 0.1) is 11.0 Å². The molecule has 14 rings (SSSR count). The van der Waals surface area contributed by atoms with E-state index in [4.69, 9.17) is 0 Å². The van der Waals surface area contributed by atoms with Crippen LogP contribution in [0.1, 0.15) is 0 Å². The third kappa shape index (κ3) is 5.22. The summed E-state index contributed by atoms with van der Waals surface area (Å²) in [6, 6.07) is 83.1. The zero-order chi connectivity index (χ0) is 41.9. The van der Waals surface area contributed by atoms with Crippen molar-refractivity contribution in [3.8, 4) is 39.3 Å². The van der Waals surface area contributed by atoms with Crippen LogP contribution in [0.2, 0.25) is 0 Å². The zero-order valence-corrected chi connectivity index (χ0v) is 36.3. The van der Waals surface area contributed by atoms with Gasteiger partial charge in [0.15, 0.2) is 0 Å². The molecule has 0 fully saturated rings. The normalized spacial score (nSPS) is 12.1. The molecule has 0 bridgehead atoms. The van der Waals surface area contributed by atoms with Crippen molar-refractivity contribution < 1.29 is 0 Å². The van der Waals surface area contributed by atoms with E-state index < -0.39 is 0 Å². The third-order valence-electron chi connectivity index (χ3n) is 13.5. The summed E-state index contributed by atoms with van der Waals surface area (Å²) in [6.07, 6.45) is 0. The summed E-state index contributed by atoms with van der Waals surface area (Å²) < 4.78 is 10.3. The van der Waals surface area contributed by atoms with Crippen molar-refractivity contribution in [3.63, 3.8) is 0 Å². The molecule has 0 aliphatic rings. The van der Waals surface area contributed by atoms with Gasteiger partial charge in [-0.1, -0.05) is 42.5 Å². The standard InChI is InChI=1S/C60H37N3Se/c1-2-13-38(14-3-1)39-25-27-40(28-26-39)41-29-32-48-59(35-41)64-58-24-12-23-57(60(48)58)63-54-22-11-7-18-47(54)50-37-43(31-34-56(50)63)62-53-21-10-6-17-46(53)49-36-42(30-33-55(49)62)61-51-19-8-4-15-44(51)45-16-5-9-20-52(45)61/h1-37H. The Bertz CT molecular complexity index is 4130. The Kier molecular flexibility index (Phi) is 7.70. The first kappa shape index (κ1) is 35.7. The van der Waals surface area contributed by atoms with Gasteiger partial charge in [0.25, 0.3) is 0 Å². The van der Waals surface area contributed by atoms with E-state index in [1.54, 1.807) is 0 Å². The van der Waals surface area contributed by atoms with Gasteiger partial charge in [-0.3, -0.25) is 0 Å². The Morgan fingerprint density at radius 2 is 0.688 bits per heavy atom. The van der Waals surface area contributed by atoms with Crippen LogP contribution in [0.15, 0.2) is 224 Å². The van der Waals surface area contributed by atoms with E-state index in [1.807, 2.05) is 0 Å². The molecule has 4 heterocycles. The molecule has 298 valence electrons. The second-order valence-electron chi connectivity index (χ2n) is 16.9. The van der Waals surface area contributed by atoms with Crippen molar-refractivity contribution in [2.75, 3.05) is 0 Å². The molecule has 0 aliphatic carbocycles. The summed E-state index contributed by atoms with van der Waals surface area (Å²) in [6.45, 7) is 0. The maximum atomic E-state index is 2.51. The van der Waals surface area contributed by atoms with Crippen LogP contribution in [-0.4, -0.2) is 28.2 Å². The summed E-state index contributed by atoms with van der Waals surface area (Å²) in [4.78, 5) is 0. The van der Waals surface area contributed by atoms with Gasteiger partial charge in [0.2, 0.25) is 0 Å².